The van der Waals surface area contributed by atoms with Gasteiger partial charge in [0.25, 0.3) is 0 Å². The quantitative estimate of drug-likeness (QED) is 0.530. The van der Waals surface area contributed by atoms with Crippen LogP contribution in [0.2, 0.25) is 0 Å². The van der Waals surface area contributed by atoms with Crippen molar-refractivity contribution < 1.29 is 10.2 Å². The van der Waals surface area contributed by atoms with Crippen molar-refractivity contribution in [1.82, 2.24) is 0 Å². The van der Waals surface area contributed by atoms with Crippen LogP contribution in [0.15, 0.2) is 0 Å². The third-order valence-electron chi connectivity index (χ3n) is 2.41. The summed E-state index contributed by atoms with van der Waals surface area (Å²) in [7, 11) is 0. The molecule has 0 radical (unpaired) electrons. The molecule has 1 rings (SSSR count). The van der Waals surface area contributed by atoms with Gasteiger partial charge < -0.3 is 10.2 Å². The Kier molecular flexibility index (Phi) is 2.02. The predicted octanol–water partition coefficient (Wildman–Crippen LogP) is 0.918. The summed E-state index contributed by atoms with van der Waals surface area (Å²) in [5.41, 5.74) is -0.836. The van der Waals surface area contributed by atoms with Gasteiger partial charge in [-0.2, -0.15) is 0 Å². The van der Waals surface area contributed by atoms with E-state index in [1.54, 1.807) is 6.92 Å². The van der Waals surface area contributed by atoms with Crippen LogP contribution >= 0.6 is 0 Å². The molecule has 1 fully saturated rings. The molecule has 0 bridgehead atoms. The SMILES string of the molecule is CC1CCC(O)C(C)(O)C1. The Morgan fingerprint density at radius 3 is 2.40 bits per heavy atom. The topological polar surface area (TPSA) is 40.5 Å². The summed E-state index contributed by atoms with van der Waals surface area (Å²) < 4.78 is 0. The average molecular weight is 144 g/mol. The third kappa shape index (κ3) is 1.50. The Morgan fingerprint density at radius 2 is 2.00 bits per heavy atom. The molecule has 0 aromatic heterocycles. The summed E-state index contributed by atoms with van der Waals surface area (Å²) in [6.45, 7) is 3.83. The maximum atomic E-state index is 9.56. The van der Waals surface area contributed by atoms with Crippen molar-refractivity contribution in [3.63, 3.8) is 0 Å². The fraction of sp³-hybridized carbons (Fsp3) is 1.00. The van der Waals surface area contributed by atoms with Gasteiger partial charge in [0.15, 0.2) is 0 Å². The van der Waals surface area contributed by atoms with Gasteiger partial charge in [-0.1, -0.05) is 6.92 Å². The molecule has 0 aromatic carbocycles. The Bertz CT molecular complexity index is 120. The van der Waals surface area contributed by atoms with Gasteiger partial charge in [0.2, 0.25) is 0 Å². The zero-order chi connectivity index (χ0) is 7.78. The maximum Gasteiger partial charge on any atom is 0.0880 e. The lowest BCUT2D eigenvalue weighted by molar-refractivity contribution is -0.0985. The molecule has 0 aliphatic heterocycles. The first-order valence-electron chi connectivity index (χ1n) is 3.93. The smallest absolute Gasteiger partial charge is 0.0880 e. The second-order valence-electron chi connectivity index (χ2n) is 3.76. The molecule has 0 amide bonds. The minimum atomic E-state index is -0.836. The molecule has 0 saturated heterocycles. The highest BCUT2D eigenvalue weighted by Gasteiger charge is 2.35. The molecule has 0 heterocycles. The monoisotopic (exact) mass is 144 g/mol. The van der Waals surface area contributed by atoms with E-state index in [9.17, 15) is 10.2 Å². The minimum Gasteiger partial charge on any atom is -0.390 e. The average Bonchev–Trinajstić information content (AvgIpc) is 1.78. The van der Waals surface area contributed by atoms with E-state index in [1.165, 1.54) is 0 Å². The van der Waals surface area contributed by atoms with E-state index in [-0.39, 0.29) is 0 Å². The van der Waals surface area contributed by atoms with Crippen molar-refractivity contribution in [1.29, 1.82) is 0 Å². The molecule has 2 heteroatoms. The van der Waals surface area contributed by atoms with Gasteiger partial charge in [0.1, 0.15) is 0 Å². The highest BCUT2D eigenvalue weighted by atomic mass is 16.3. The Labute approximate surface area is 61.9 Å². The predicted molar refractivity (Wildman–Crippen MR) is 39.6 cm³/mol. The van der Waals surface area contributed by atoms with Crippen LogP contribution in [0.3, 0.4) is 0 Å². The van der Waals surface area contributed by atoms with Gasteiger partial charge in [0, 0.05) is 0 Å². The van der Waals surface area contributed by atoms with Crippen molar-refractivity contribution in [2.75, 3.05) is 0 Å². The highest BCUT2D eigenvalue weighted by Crippen LogP contribution is 2.31. The molecule has 60 valence electrons. The van der Waals surface area contributed by atoms with E-state index in [2.05, 4.69) is 6.92 Å². The number of hydrogen-bond acceptors (Lipinski definition) is 2. The van der Waals surface area contributed by atoms with Gasteiger partial charge in [0.05, 0.1) is 11.7 Å². The first-order chi connectivity index (χ1) is 4.52. The summed E-state index contributed by atoms with van der Waals surface area (Å²) in [5, 5.41) is 18.9. The van der Waals surface area contributed by atoms with Crippen molar-refractivity contribution in [2.24, 2.45) is 5.92 Å². The molecular weight excluding hydrogens is 128 g/mol. The van der Waals surface area contributed by atoms with Crippen molar-refractivity contribution in [3.8, 4) is 0 Å². The summed E-state index contributed by atoms with van der Waals surface area (Å²) >= 11 is 0. The van der Waals surface area contributed by atoms with Crippen LogP contribution < -0.4 is 0 Å². The van der Waals surface area contributed by atoms with Gasteiger partial charge in [-0.3, -0.25) is 0 Å². The largest absolute Gasteiger partial charge is 0.390 e. The van der Waals surface area contributed by atoms with E-state index >= 15 is 0 Å². The van der Waals surface area contributed by atoms with E-state index in [0.717, 1.165) is 19.3 Å². The van der Waals surface area contributed by atoms with Crippen LogP contribution in [0.25, 0.3) is 0 Å². The van der Waals surface area contributed by atoms with Gasteiger partial charge in [-0.25, -0.2) is 0 Å². The zero-order valence-corrected chi connectivity index (χ0v) is 6.67. The lowest BCUT2D eigenvalue weighted by atomic mass is 9.78. The molecule has 3 atom stereocenters. The van der Waals surface area contributed by atoms with Crippen LogP contribution in [0, 0.1) is 5.92 Å². The fourth-order valence-electron chi connectivity index (χ4n) is 1.70. The van der Waals surface area contributed by atoms with Crippen LogP contribution in [0.4, 0.5) is 0 Å². The maximum absolute atomic E-state index is 9.56. The summed E-state index contributed by atoms with van der Waals surface area (Å²) in [6, 6.07) is 0. The first-order valence-corrected chi connectivity index (χ1v) is 3.93. The Morgan fingerprint density at radius 1 is 1.40 bits per heavy atom. The molecule has 2 nitrogen and oxygen atoms in total. The number of hydrogen-bond donors (Lipinski definition) is 2. The number of aliphatic hydroxyl groups is 2. The molecule has 2 N–H and O–H groups in total. The zero-order valence-electron chi connectivity index (χ0n) is 6.67. The molecule has 10 heavy (non-hydrogen) atoms. The summed E-state index contributed by atoms with van der Waals surface area (Å²) in [5.74, 6) is 0.554. The van der Waals surface area contributed by atoms with Crippen LogP contribution in [0.1, 0.15) is 33.1 Å². The van der Waals surface area contributed by atoms with Crippen LogP contribution in [-0.4, -0.2) is 21.9 Å². The summed E-state index contributed by atoms with van der Waals surface area (Å²) in [6.07, 6.45) is 2.00. The number of aliphatic hydroxyl groups excluding tert-OH is 1. The lowest BCUT2D eigenvalue weighted by Crippen LogP contribution is -2.44. The second-order valence-corrected chi connectivity index (χ2v) is 3.76. The van der Waals surface area contributed by atoms with Gasteiger partial charge in [-0.05, 0) is 32.1 Å². The second kappa shape index (κ2) is 2.51. The molecule has 1 aliphatic rings. The summed E-state index contributed by atoms with van der Waals surface area (Å²) in [4.78, 5) is 0. The first kappa shape index (κ1) is 8.02. The van der Waals surface area contributed by atoms with E-state index in [0.29, 0.717) is 5.92 Å². The standard InChI is InChI=1S/C8H16O2/c1-6-3-4-7(9)8(2,10)5-6/h6-7,9-10H,3-5H2,1-2H3. The minimum absolute atomic E-state index is 0.510. The lowest BCUT2D eigenvalue weighted by Gasteiger charge is -2.36. The van der Waals surface area contributed by atoms with Crippen LogP contribution in [0.5, 0.6) is 0 Å². The highest BCUT2D eigenvalue weighted by molar-refractivity contribution is 4.88. The molecule has 1 aliphatic carbocycles. The number of rotatable bonds is 0. The molecule has 1 saturated carbocycles. The van der Waals surface area contributed by atoms with Crippen molar-refractivity contribution in [3.05, 3.63) is 0 Å². The molecule has 0 spiro atoms. The van der Waals surface area contributed by atoms with Crippen LogP contribution in [-0.2, 0) is 0 Å². The van der Waals surface area contributed by atoms with Crippen molar-refractivity contribution in [2.45, 2.75) is 44.8 Å². The van der Waals surface area contributed by atoms with Gasteiger partial charge in [-0.15, -0.1) is 0 Å². The third-order valence-corrected chi connectivity index (χ3v) is 2.41. The molecule has 0 aromatic rings. The normalized spacial score (nSPS) is 49.2. The molecule has 3 unspecified atom stereocenters. The fourth-order valence-corrected chi connectivity index (χ4v) is 1.70. The Balaban J connectivity index is 2.55. The van der Waals surface area contributed by atoms with E-state index in [1.807, 2.05) is 0 Å². The Hall–Kier alpha value is -0.0800. The van der Waals surface area contributed by atoms with E-state index < -0.39 is 11.7 Å². The van der Waals surface area contributed by atoms with Crippen molar-refractivity contribution >= 4 is 0 Å². The van der Waals surface area contributed by atoms with Gasteiger partial charge >= 0.3 is 0 Å². The molecular formula is C8H16O2. The van der Waals surface area contributed by atoms with E-state index in [4.69, 9.17) is 0 Å².